The van der Waals surface area contributed by atoms with Gasteiger partial charge in [-0.1, -0.05) is 17.3 Å². The molecule has 0 unspecified atom stereocenters. The normalized spacial score (nSPS) is 11.2. The first-order valence-electron chi connectivity index (χ1n) is 7.44. The Morgan fingerprint density at radius 2 is 1.76 bits per heavy atom. The van der Waals surface area contributed by atoms with Crippen molar-refractivity contribution in [2.75, 3.05) is 21.3 Å². The molecule has 2 aromatic carbocycles. The number of fused-ring (bicyclic) bond motifs is 1. The van der Waals surface area contributed by atoms with Crippen LogP contribution >= 0.6 is 0 Å². The van der Waals surface area contributed by atoms with Crippen LogP contribution < -0.4 is 14.2 Å². The molecule has 126 valence electrons. The fourth-order valence-electron chi connectivity index (χ4n) is 2.53. The maximum Gasteiger partial charge on any atom is 0.203 e. The van der Waals surface area contributed by atoms with Crippen LogP contribution in [0.3, 0.4) is 0 Å². The highest BCUT2D eigenvalue weighted by molar-refractivity contribution is 5.86. The van der Waals surface area contributed by atoms with Gasteiger partial charge in [-0.3, -0.25) is 0 Å². The molecular weight excluding hydrogens is 320 g/mol. The van der Waals surface area contributed by atoms with Gasteiger partial charge in [0.05, 0.1) is 26.8 Å². The Morgan fingerprint density at radius 3 is 2.36 bits per heavy atom. The third-order valence-electron chi connectivity index (χ3n) is 3.68. The lowest BCUT2D eigenvalue weighted by Crippen LogP contribution is -1.99. The molecule has 0 spiro atoms. The molecule has 0 amide bonds. The fraction of sp³-hybridized carbons (Fsp3) is 0.167. The first kappa shape index (κ1) is 16.3. The molecule has 3 rings (SSSR count). The summed E-state index contributed by atoms with van der Waals surface area (Å²) in [6, 6.07) is 13.1. The molecule has 1 heterocycles. The van der Waals surface area contributed by atoms with Gasteiger partial charge in [0, 0.05) is 0 Å². The van der Waals surface area contributed by atoms with Gasteiger partial charge < -0.3 is 14.2 Å². The van der Waals surface area contributed by atoms with E-state index in [-0.39, 0.29) is 0 Å². The second-order valence-electron chi connectivity index (χ2n) is 5.09. The Labute approximate surface area is 144 Å². The molecule has 0 atom stereocenters. The number of aromatic nitrogens is 3. The van der Waals surface area contributed by atoms with Gasteiger partial charge in [-0.15, -0.1) is 5.10 Å². The molecule has 0 aliphatic rings. The highest BCUT2D eigenvalue weighted by Crippen LogP contribution is 2.38. The van der Waals surface area contributed by atoms with Crippen LogP contribution in [0.1, 0.15) is 5.56 Å². The standard InChI is InChI=1S/C18H16N4O3/c1-23-16-9-12(10-17(24-2)18(16)25-3)8-13(11-19)22-15-7-5-4-6-14(15)20-21-22/h4-10H,1-3H3/b13-8+. The second kappa shape index (κ2) is 6.93. The first-order valence-corrected chi connectivity index (χ1v) is 7.44. The van der Waals surface area contributed by atoms with E-state index < -0.39 is 0 Å². The van der Waals surface area contributed by atoms with Crippen molar-refractivity contribution in [3.8, 4) is 23.3 Å². The maximum absolute atomic E-state index is 9.58. The topological polar surface area (TPSA) is 82.2 Å². The molecule has 0 aliphatic carbocycles. The first-order chi connectivity index (χ1) is 12.2. The number of nitriles is 1. The van der Waals surface area contributed by atoms with Crippen LogP contribution in [0.25, 0.3) is 22.8 Å². The zero-order valence-electron chi connectivity index (χ0n) is 14.1. The van der Waals surface area contributed by atoms with E-state index in [2.05, 4.69) is 16.4 Å². The zero-order chi connectivity index (χ0) is 17.8. The van der Waals surface area contributed by atoms with E-state index >= 15 is 0 Å². The number of hydrogen-bond acceptors (Lipinski definition) is 6. The lowest BCUT2D eigenvalue weighted by atomic mass is 10.1. The lowest BCUT2D eigenvalue weighted by molar-refractivity contribution is 0.324. The van der Waals surface area contributed by atoms with Crippen molar-refractivity contribution in [1.82, 2.24) is 15.0 Å². The van der Waals surface area contributed by atoms with Crippen molar-refractivity contribution >= 4 is 22.8 Å². The average molecular weight is 336 g/mol. The van der Waals surface area contributed by atoms with Gasteiger partial charge in [0.25, 0.3) is 0 Å². The Bertz CT molecular complexity index is 960. The summed E-state index contributed by atoms with van der Waals surface area (Å²) < 4.78 is 17.5. The highest BCUT2D eigenvalue weighted by atomic mass is 16.5. The zero-order valence-corrected chi connectivity index (χ0v) is 14.1. The number of methoxy groups -OCH3 is 3. The summed E-state index contributed by atoms with van der Waals surface area (Å²) in [6.07, 6.45) is 1.69. The highest BCUT2D eigenvalue weighted by Gasteiger charge is 2.14. The Hall–Kier alpha value is -3.53. The van der Waals surface area contributed by atoms with Gasteiger partial charge in [-0.2, -0.15) is 5.26 Å². The van der Waals surface area contributed by atoms with E-state index in [9.17, 15) is 5.26 Å². The molecule has 0 saturated carbocycles. The molecule has 0 fully saturated rings. The number of benzene rings is 2. The van der Waals surface area contributed by atoms with Gasteiger partial charge in [-0.05, 0) is 35.9 Å². The molecule has 0 aliphatic heterocycles. The van der Waals surface area contributed by atoms with E-state index in [1.807, 2.05) is 24.3 Å². The van der Waals surface area contributed by atoms with E-state index in [1.165, 1.54) is 11.8 Å². The third-order valence-corrected chi connectivity index (χ3v) is 3.68. The summed E-state index contributed by atoms with van der Waals surface area (Å²) in [6.45, 7) is 0. The number of rotatable bonds is 5. The molecule has 0 bridgehead atoms. The van der Waals surface area contributed by atoms with Crippen LogP contribution in [-0.4, -0.2) is 36.3 Å². The van der Waals surface area contributed by atoms with Crippen LogP contribution in [0.5, 0.6) is 17.2 Å². The van der Waals surface area contributed by atoms with Crippen molar-refractivity contribution in [1.29, 1.82) is 5.26 Å². The van der Waals surface area contributed by atoms with Gasteiger partial charge >= 0.3 is 0 Å². The summed E-state index contributed by atoms with van der Waals surface area (Å²) in [7, 11) is 4.62. The van der Waals surface area contributed by atoms with Crippen molar-refractivity contribution in [3.63, 3.8) is 0 Å². The van der Waals surface area contributed by atoms with Crippen LogP contribution in [0, 0.1) is 11.3 Å². The Balaban J connectivity index is 2.13. The second-order valence-corrected chi connectivity index (χ2v) is 5.09. The third kappa shape index (κ3) is 2.97. The van der Waals surface area contributed by atoms with Crippen LogP contribution in [0.15, 0.2) is 36.4 Å². The number of allylic oxidation sites excluding steroid dienone is 1. The molecule has 0 radical (unpaired) electrons. The van der Waals surface area contributed by atoms with E-state index in [0.717, 1.165) is 5.52 Å². The van der Waals surface area contributed by atoms with E-state index in [0.29, 0.717) is 34.0 Å². The number of ether oxygens (including phenoxy) is 3. The molecular formula is C18H16N4O3. The van der Waals surface area contributed by atoms with Crippen LogP contribution in [-0.2, 0) is 0 Å². The van der Waals surface area contributed by atoms with E-state index in [4.69, 9.17) is 14.2 Å². The smallest absolute Gasteiger partial charge is 0.203 e. The Morgan fingerprint density at radius 1 is 1.08 bits per heavy atom. The lowest BCUT2D eigenvalue weighted by Gasteiger charge is -2.13. The molecule has 7 nitrogen and oxygen atoms in total. The summed E-state index contributed by atoms with van der Waals surface area (Å²) in [5, 5.41) is 17.7. The van der Waals surface area contributed by atoms with Crippen molar-refractivity contribution in [2.24, 2.45) is 0 Å². The Kier molecular flexibility index (Phi) is 4.53. The summed E-state index contributed by atoms with van der Waals surface area (Å²) in [4.78, 5) is 0. The van der Waals surface area contributed by atoms with Gasteiger partial charge in [0.15, 0.2) is 11.5 Å². The summed E-state index contributed by atoms with van der Waals surface area (Å²) in [5.41, 5.74) is 2.50. The van der Waals surface area contributed by atoms with Crippen LogP contribution in [0.2, 0.25) is 0 Å². The minimum Gasteiger partial charge on any atom is -0.493 e. The van der Waals surface area contributed by atoms with Crippen molar-refractivity contribution in [3.05, 3.63) is 42.0 Å². The fourth-order valence-corrected chi connectivity index (χ4v) is 2.53. The molecule has 25 heavy (non-hydrogen) atoms. The van der Waals surface area contributed by atoms with Crippen LogP contribution in [0.4, 0.5) is 0 Å². The minimum absolute atomic E-state index is 0.322. The molecule has 7 heteroatoms. The SMILES string of the molecule is COc1cc(/C=C(\C#N)n2nnc3ccccc32)cc(OC)c1OC. The van der Waals surface area contributed by atoms with Gasteiger partial charge in [-0.25, -0.2) is 4.68 Å². The quantitative estimate of drug-likeness (QED) is 0.666. The summed E-state index contributed by atoms with van der Waals surface area (Å²) in [5.74, 6) is 1.51. The number of nitrogens with zero attached hydrogens (tertiary/aromatic N) is 4. The van der Waals surface area contributed by atoms with Gasteiger partial charge in [0.2, 0.25) is 5.75 Å². The predicted molar refractivity (Wildman–Crippen MR) is 93.4 cm³/mol. The molecule has 3 aromatic rings. The number of hydrogen-bond donors (Lipinski definition) is 0. The molecule has 0 N–H and O–H groups in total. The molecule has 1 aromatic heterocycles. The van der Waals surface area contributed by atoms with Crippen molar-refractivity contribution in [2.45, 2.75) is 0 Å². The minimum atomic E-state index is 0.322. The van der Waals surface area contributed by atoms with Gasteiger partial charge in [0.1, 0.15) is 17.3 Å². The average Bonchev–Trinajstić information content (AvgIpc) is 3.09. The van der Waals surface area contributed by atoms with E-state index in [1.54, 1.807) is 32.4 Å². The molecule has 0 saturated heterocycles. The number of para-hydroxylation sites is 1. The largest absolute Gasteiger partial charge is 0.493 e. The maximum atomic E-state index is 9.58. The van der Waals surface area contributed by atoms with Crippen molar-refractivity contribution < 1.29 is 14.2 Å². The monoisotopic (exact) mass is 336 g/mol. The summed E-state index contributed by atoms with van der Waals surface area (Å²) >= 11 is 0. The predicted octanol–water partition coefficient (Wildman–Crippen LogP) is 2.98.